The molecule has 2 aliphatic rings. The van der Waals surface area contributed by atoms with E-state index in [1.54, 1.807) is 7.11 Å². The van der Waals surface area contributed by atoms with Gasteiger partial charge in [-0.3, -0.25) is 4.90 Å². The van der Waals surface area contributed by atoms with Crippen LogP contribution >= 0.6 is 0 Å². The zero-order valence-corrected chi connectivity index (χ0v) is 14.4. The molecule has 0 aromatic heterocycles. The Bertz CT molecular complexity index is 322. The fraction of sp³-hybridized carbons (Fsp3) is 0.938. The van der Waals surface area contributed by atoms with Gasteiger partial charge in [-0.25, -0.2) is 4.79 Å². The minimum atomic E-state index is -0.434. The smallest absolute Gasteiger partial charge is 0.407 e. The molecule has 21 heavy (non-hydrogen) atoms. The van der Waals surface area contributed by atoms with Crippen LogP contribution in [0.1, 0.15) is 53.9 Å². The van der Waals surface area contributed by atoms with E-state index in [-0.39, 0.29) is 12.1 Å². The molecule has 5 nitrogen and oxygen atoms in total. The summed E-state index contributed by atoms with van der Waals surface area (Å²) in [7, 11) is 1.76. The predicted molar refractivity (Wildman–Crippen MR) is 84.5 cm³/mol. The Morgan fingerprint density at radius 1 is 1.19 bits per heavy atom. The van der Waals surface area contributed by atoms with Gasteiger partial charge in [-0.1, -0.05) is 13.8 Å². The second-order valence-corrected chi connectivity index (χ2v) is 6.56. The zero-order valence-electron chi connectivity index (χ0n) is 14.4. The van der Waals surface area contributed by atoms with Gasteiger partial charge in [0.2, 0.25) is 0 Å². The molecule has 1 heterocycles. The van der Waals surface area contributed by atoms with Gasteiger partial charge in [-0.05, 0) is 40.0 Å². The highest BCUT2D eigenvalue weighted by Crippen LogP contribution is 2.28. The summed E-state index contributed by atoms with van der Waals surface area (Å²) in [4.78, 5) is 14.2. The Morgan fingerprint density at radius 2 is 1.81 bits per heavy atom. The van der Waals surface area contributed by atoms with Crippen LogP contribution in [-0.4, -0.2) is 55.0 Å². The Hall–Kier alpha value is -0.810. The van der Waals surface area contributed by atoms with Gasteiger partial charge in [0.05, 0.1) is 6.10 Å². The maximum Gasteiger partial charge on any atom is 0.407 e. The monoisotopic (exact) mass is 300 g/mol. The molecule has 2 fully saturated rings. The molecule has 1 N–H and O–H groups in total. The highest BCUT2D eigenvalue weighted by Gasteiger charge is 2.39. The molecule has 0 bridgehead atoms. The number of nitrogens with zero attached hydrogens (tertiary/aromatic N) is 1. The van der Waals surface area contributed by atoms with Crippen molar-refractivity contribution in [1.29, 1.82) is 0 Å². The number of rotatable bonds is 3. The average molecular weight is 300 g/mol. The standard InChI is InChI=1S/C14H26N2O3.C2H6/c1-14(2,3)19-13(17)15-11-6-5-7-12(11)16-8-10(9-16)18-4;1-2/h10-12H,5-9H2,1-4H3,(H,15,17);1-2H3. The van der Waals surface area contributed by atoms with Crippen molar-refractivity contribution in [3.63, 3.8) is 0 Å². The van der Waals surface area contributed by atoms with Crippen molar-refractivity contribution < 1.29 is 14.3 Å². The van der Waals surface area contributed by atoms with E-state index in [1.165, 1.54) is 6.42 Å². The molecular weight excluding hydrogens is 268 g/mol. The molecule has 2 unspecified atom stereocenters. The van der Waals surface area contributed by atoms with Crippen LogP contribution in [0.4, 0.5) is 4.79 Å². The molecule has 0 radical (unpaired) electrons. The minimum Gasteiger partial charge on any atom is -0.444 e. The van der Waals surface area contributed by atoms with Gasteiger partial charge < -0.3 is 14.8 Å². The number of nitrogens with one attached hydrogen (secondary N) is 1. The second kappa shape index (κ2) is 7.99. The van der Waals surface area contributed by atoms with Crippen LogP contribution in [0.3, 0.4) is 0 Å². The van der Waals surface area contributed by atoms with Gasteiger partial charge in [-0.15, -0.1) is 0 Å². The highest BCUT2D eigenvalue weighted by atomic mass is 16.6. The number of carbonyl (C=O) groups is 1. The molecule has 1 saturated carbocycles. The van der Waals surface area contributed by atoms with E-state index in [1.807, 2.05) is 34.6 Å². The molecule has 2 rings (SSSR count). The Morgan fingerprint density at radius 3 is 2.33 bits per heavy atom. The molecule has 1 amide bonds. The number of likely N-dealkylation sites (tertiary alicyclic amines) is 1. The van der Waals surface area contributed by atoms with E-state index in [0.29, 0.717) is 12.1 Å². The third-order valence-corrected chi connectivity index (χ3v) is 3.86. The first kappa shape index (κ1) is 18.2. The first-order valence-corrected chi connectivity index (χ1v) is 8.15. The summed E-state index contributed by atoms with van der Waals surface area (Å²) in [5.74, 6) is 0. The van der Waals surface area contributed by atoms with Crippen LogP contribution in [0.2, 0.25) is 0 Å². The summed E-state index contributed by atoms with van der Waals surface area (Å²) in [5, 5.41) is 3.02. The SMILES string of the molecule is CC.COC1CN(C2CCCC2NC(=O)OC(C)(C)C)C1. The van der Waals surface area contributed by atoms with Crippen molar-refractivity contribution >= 4 is 6.09 Å². The predicted octanol–water partition coefficient (Wildman–Crippen LogP) is 2.79. The van der Waals surface area contributed by atoms with Crippen LogP contribution < -0.4 is 5.32 Å². The van der Waals surface area contributed by atoms with E-state index in [0.717, 1.165) is 25.9 Å². The molecule has 0 spiro atoms. The molecule has 1 saturated heterocycles. The van der Waals surface area contributed by atoms with Crippen LogP contribution in [0.5, 0.6) is 0 Å². The van der Waals surface area contributed by atoms with Crippen molar-refractivity contribution in [1.82, 2.24) is 10.2 Å². The molecule has 5 heteroatoms. The highest BCUT2D eigenvalue weighted by molar-refractivity contribution is 5.68. The maximum absolute atomic E-state index is 11.8. The zero-order chi connectivity index (χ0) is 16.0. The normalized spacial score (nSPS) is 26.6. The number of hydrogen-bond donors (Lipinski definition) is 1. The maximum atomic E-state index is 11.8. The van der Waals surface area contributed by atoms with Crippen LogP contribution in [-0.2, 0) is 9.47 Å². The van der Waals surface area contributed by atoms with Gasteiger partial charge in [0.1, 0.15) is 5.60 Å². The number of ether oxygens (including phenoxy) is 2. The van der Waals surface area contributed by atoms with Gasteiger partial charge in [0, 0.05) is 32.3 Å². The van der Waals surface area contributed by atoms with E-state index in [2.05, 4.69) is 10.2 Å². The molecule has 0 aromatic carbocycles. The fourth-order valence-corrected chi connectivity index (χ4v) is 2.89. The van der Waals surface area contributed by atoms with Gasteiger partial charge in [0.15, 0.2) is 0 Å². The van der Waals surface area contributed by atoms with Crippen LogP contribution in [0, 0.1) is 0 Å². The lowest BCUT2D eigenvalue weighted by Gasteiger charge is -2.44. The average Bonchev–Trinajstić information content (AvgIpc) is 2.76. The number of methoxy groups -OCH3 is 1. The molecule has 2 atom stereocenters. The van der Waals surface area contributed by atoms with Crippen molar-refractivity contribution in [3.05, 3.63) is 0 Å². The lowest BCUT2D eigenvalue weighted by molar-refractivity contribution is -0.0541. The van der Waals surface area contributed by atoms with Gasteiger partial charge >= 0.3 is 6.09 Å². The first-order chi connectivity index (χ1) is 9.89. The molecule has 124 valence electrons. The van der Waals surface area contributed by atoms with Crippen LogP contribution in [0.15, 0.2) is 0 Å². The lowest BCUT2D eigenvalue weighted by atomic mass is 10.0. The van der Waals surface area contributed by atoms with E-state index >= 15 is 0 Å². The number of carbonyl (C=O) groups excluding carboxylic acids is 1. The summed E-state index contributed by atoms with van der Waals surface area (Å²) in [6, 6.07) is 0.659. The Balaban J connectivity index is 0.00000106. The summed E-state index contributed by atoms with van der Waals surface area (Å²) >= 11 is 0. The lowest BCUT2D eigenvalue weighted by Crippen LogP contribution is -2.60. The minimum absolute atomic E-state index is 0.215. The fourth-order valence-electron chi connectivity index (χ4n) is 2.89. The summed E-state index contributed by atoms with van der Waals surface area (Å²) in [5.41, 5.74) is -0.434. The third-order valence-electron chi connectivity index (χ3n) is 3.86. The topological polar surface area (TPSA) is 50.8 Å². The number of amides is 1. The van der Waals surface area contributed by atoms with E-state index < -0.39 is 5.60 Å². The first-order valence-electron chi connectivity index (χ1n) is 8.15. The van der Waals surface area contributed by atoms with Crippen molar-refractivity contribution in [2.24, 2.45) is 0 Å². The second-order valence-electron chi connectivity index (χ2n) is 6.56. The van der Waals surface area contributed by atoms with E-state index in [9.17, 15) is 4.79 Å². The van der Waals surface area contributed by atoms with Crippen LogP contribution in [0.25, 0.3) is 0 Å². The largest absolute Gasteiger partial charge is 0.444 e. The number of alkyl carbamates (subject to hydrolysis) is 1. The Kier molecular flexibility index (Phi) is 6.94. The quantitative estimate of drug-likeness (QED) is 0.871. The van der Waals surface area contributed by atoms with Crippen molar-refractivity contribution in [3.8, 4) is 0 Å². The molecule has 1 aliphatic carbocycles. The number of hydrogen-bond acceptors (Lipinski definition) is 4. The van der Waals surface area contributed by atoms with Crippen molar-refractivity contribution in [2.75, 3.05) is 20.2 Å². The van der Waals surface area contributed by atoms with Gasteiger partial charge in [0.25, 0.3) is 0 Å². The molecule has 0 aromatic rings. The van der Waals surface area contributed by atoms with E-state index in [4.69, 9.17) is 9.47 Å². The summed E-state index contributed by atoms with van der Waals surface area (Å²) < 4.78 is 10.6. The van der Waals surface area contributed by atoms with Crippen molar-refractivity contribution in [2.45, 2.75) is 77.7 Å². The molecule has 1 aliphatic heterocycles. The summed E-state index contributed by atoms with van der Waals surface area (Å²) in [6.45, 7) is 11.6. The van der Waals surface area contributed by atoms with Gasteiger partial charge in [-0.2, -0.15) is 0 Å². The molecular formula is C16H32N2O3. The summed E-state index contributed by atoms with van der Waals surface area (Å²) in [6.07, 6.45) is 3.42. The third kappa shape index (κ3) is 5.47. The Labute approximate surface area is 129 Å².